The highest BCUT2D eigenvalue weighted by atomic mass is 35.5. The Bertz CT molecular complexity index is 932. The minimum Gasteiger partial charge on any atom is -0.341 e. The largest absolute Gasteiger partial charge is 0.341 e. The molecule has 25 heavy (non-hydrogen) atoms. The molecule has 0 radical (unpaired) electrons. The molecule has 0 N–H and O–H groups in total. The molecule has 3 aromatic rings. The number of rotatable bonds is 4. The second-order valence-corrected chi connectivity index (χ2v) is 7.03. The van der Waals surface area contributed by atoms with Gasteiger partial charge in [-0.2, -0.15) is 0 Å². The van der Waals surface area contributed by atoms with Crippen LogP contribution in [0.25, 0.3) is 22.6 Å². The lowest BCUT2D eigenvalue weighted by Gasteiger charge is -2.19. The molecule has 0 aliphatic carbocycles. The molecular weight excluding hydrogens is 336 g/mol. The summed E-state index contributed by atoms with van der Waals surface area (Å²) in [6.07, 6.45) is 1.61. The lowest BCUT2D eigenvalue weighted by molar-refractivity contribution is 0.0779. The van der Waals surface area contributed by atoms with Gasteiger partial charge >= 0.3 is 0 Å². The molecule has 0 unspecified atom stereocenters. The lowest BCUT2D eigenvalue weighted by atomic mass is 10.2. The van der Waals surface area contributed by atoms with E-state index in [1.807, 2.05) is 35.9 Å². The molecule has 0 fully saturated rings. The maximum atomic E-state index is 12.6. The fourth-order valence-electron chi connectivity index (χ4n) is 2.93. The van der Waals surface area contributed by atoms with E-state index in [0.717, 1.165) is 17.0 Å². The van der Waals surface area contributed by atoms with Crippen LogP contribution in [-0.2, 0) is 7.05 Å². The SMILES string of the molecule is CC(C)CN(C)C(=O)c1cnc2c(c1)nc(-c1ccccc1Cl)n2C. The third kappa shape index (κ3) is 3.37. The van der Waals surface area contributed by atoms with Crippen LogP contribution in [0.4, 0.5) is 0 Å². The van der Waals surface area contributed by atoms with Crippen LogP contribution in [0.5, 0.6) is 0 Å². The van der Waals surface area contributed by atoms with Gasteiger partial charge in [-0.1, -0.05) is 37.6 Å². The molecule has 1 amide bonds. The van der Waals surface area contributed by atoms with Gasteiger partial charge in [0.25, 0.3) is 5.91 Å². The predicted molar refractivity (Wildman–Crippen MR) is 101 cm³/mol. The van der Waals surface area contributed by atoms with Crippen molar-refractivity contribution in [3.8, 4) is 11.4 Å². The molecule has 6 heteroatoms. The van der Waals surface area contributed by atoms with Crippen molar-refractivity contribution in [2.75, 3.05) is 13.6 Å². The van der Waals surface area contributed by atoms with Gasteiger partial charge in [-0.3, -0.25) is 4.79 Å². The zero-order valence-electron chi connectivity index (χ0n) is 14.8. The van der Waals surface area contributed by atoms with E-state index < -0.39 is 0 Å². The Balaban J connectivity index is 2.02. The number of halogens is 1. The molecule has 0 aliphatic rings. The Kier molecular flexibility index (Phi) is 4.77. The highest BCUT2D eigenvalue weighted by molar-refractivity contribution is 6.33. The Morgan fingerprint density at radius 1 is 1.32 bits per heavy atom. The Hall–Kier alpha value is -2.40. The number of benzene rings is 1. The smallest absolute Gasteiger partial charge is 0.255 e. The summed E-state index contributed by atoms with van der Waals surface area (Å²) in [5, 5.41) is 0.633. The number of aryl methyl sites for hydroxylation is 1. The molecule has 2 heterocycles. The zero-order chi connectivity index (χ0) is 18.1. The van der Waals surface area contributed by atoms with E-state index in [0.29, 0.717) is 28.6 Å². The van der Waals surface area contributed by atoms with Gasteiger partial charge in [-0.25, -0.2) is 9.97 Å². The average molecular weight is 357 g/mol. The molecule has 1 aromatic carbocycles. The van der Waals surface area contributed by atoms with Crippen LogP contribution in [-0.4, -0.2) is 38.9 Å². The molecule has 0 spiro atoms. The van der Waals surface area contributed by atoms with Gasteiger partial charge in [0, 0.05) is 32.4 Å². The Labute approximate surface area is 152 Å². The fraction of sp³-hybridized carbons (Fsp3) is 0.316. The maximum Gasteiger partial charge on any atom is 0.255 e. The molecule has 2 aromatic heterocycles. The van der Waals surface area contributed by atoms with Gasteiger partial charge in [-0.15, -0.1) is 0 Å². The van der Waals surface area contributed by atoms with Crippen LogP contribution < -0.4 is 0 Å². The van der Waals surface area contributed by atoms with E-state index in [4.69, 9.17) is 11.6 Å². The van der Waals surface area contributed by atoms with Crippen molar-refractivity contribution in [2.24, 2.45) is 13.0 Å². The number of fused-ring (bicyclic) bond motifs is 1. The minimum absolute atomic E-state index is 0.0481. The molecule has 0 saturated heterocycles. The standard InChI is InChI=1S/C19H21ClN4O/c1-12(2)11-23(3)19(25)13-9-16-18(21-10-13)24(4)17(22-16)14-7-5-6-8-15(14)20/h5-10,12H,11H2,1-4H3. The van der Waals surface area contributed by atoms with Crippen molar-refractivity contribution in [3.63, 3.8) is 0 Å². The van der Waals surface area contributed by atoms with Crippen LogP contribution in [0.2, 0.25) is 5.02 Å². The van der Waals surface area contributed by atoms with Gasteiger partial charge in [0.05, 0.1) is 10.6 Å². The second kappa shape index (κ2) is 6.84. The van der Waals surface area contributed by atoms with E-state index >= 15 is 0 Å². The number of carbonyl (C=O) groups is 1. The summed E-state index contributed by atoms with van der Waals surface area (Å²) in [7, 11) is 3.70. The first-order valence-corrected chi connectivity index (χ1v) is 8.59. The van der Waals surface area contributed by atoms with Crippen molar-refractivity contribution in [2.45, 2.75) is 13.8 Å². The first-order chi connectivity index (χ1) is 11.9. The van der Waals surface area contributed by atoms with Crippen molar-refractivity contribution in [3.05, 3.63) is 47.1 Å². The number of amides is 1. The predicted octanol–water partition coefficient (Wildman–Crippen LogP) is 4.02. The van der Waals surface area contributed by atoms with Crippen LogP contribution in [0, 0.1) is 5.92 Å². The van der Waals surface area contributed by atoms with Crippen LogP contribution >= 0.6 is 11.6 Å². The summed E-state index contributed by atoms with van der Waals surface area (Å²) in [4.78, 5) is 23.4. The first-order valence-electron chi connectivity index (χ1n) is 8.21. The molecule has 0 aliphatic heterocycles. The van der Waals surface area contributed by atoms with Crippen LogP contribution in [0.1, 0.15) is 24.2 Å². The van der Waals surface area contributed by atoms with Crippen molar-refractivity contribution >= 4 is 28.7 Å². The van der Waals surface area contributed by atoms with Crippen molar-refractivity contribution in [1.82, 2.24) is 19.4 Å². The average Bonchev–Trinajstić information content (AvgIpc) is 2.90. The zero-order valence-corrected chi connectivity index (χ0v) is 15.6. The number of aromatic nitrogens is 3. The number of nitrogens with zero attached hydrogens (tertiary/aromatic N) is 4. The van der Waals surface area contributed by atoms with Crippen LogP contribution in [0.15, 0.2) is 36.5 Å². The number of carbonyl (C=O) groups excluding carboxylic acids is 1. The maximum absolute atomic E-state index is 12.6. The summed E-state index contributed by atoms with van der Waals surface area (Å²) in [6.45, 7) is 4.86. The first kappa shape index (κ1) is 17.4. The number of hydrogen-bond donors (Lipinski definition) is 0. The lowest BCUT2D eigenvalue weighted by Crippen LogP contribution is -2.30. The molecule has 5 nitrogen and oxygen atoms in total. The summed E-state index contributed by atoms with van der Waals surface area (Å²) in [5.74, 6) is 1.09. The third-order valence-electron chi connectivity index (χ3n) is 4.06. The van der Waals surface area contributed by atoms with E-state index in [2.05, 4.69) is 23.8 Å². The highest BCUT2D eigenvalue weighted by Crippen LogP contribution is 2.29. The normalized spacial score (nSPS) is 11.3. The molecule has 0 bridgehead atoms. The molecule has 3 rings (SSSR count). The summed E-state index contributed by atoms with van der Waals surface area (Å²) in [5.41, 5.74) is 2.79. The van der Waals surface area contributed by atoms with Crippen molar-refractivity contribution < 1.29 is 4.79 Å². The Morgan fingerprint density at radius 2 is 2.04 bits per heavy atom. The number of imidazole rings is 1. The minimum atomic E-state index is -0.0481. The second-order valence-electron chi connectivity index (χ2n) is 6.62. The fourth-order valence-corrected chi connectivity index (χ4v) is 3.15. The van der Waals surface area contributed by atoms with Gasteiger partial charge in [0.1, 0.15) is 11.3 Å². The molecular formula is C19H21ClN4O. The third-order valence-corrected chi connectivity index (χ3v) is 4.39. The van der Waals surface area contributed by atoms with Gasteiger partial charge in [-0.05, 0) is 24.1 Å². The monoisotopic (exact) mass is 356 g/mol. The van der Waals surface area contributed by atoms with Gasteiger partial charge in [0.2, 0.25) is 0 Å². The van der Waals surface area contributed by atoms with Gasteiger partial charge < -0.3 is 9.47 Å². The quantitative estimate of drug-likeness (QED) is 0.709. The van der Waals surface area contributed by atoms with Gasteiger partial charge in [0.15, 0.2) is 5.65 Å². The van der Waals surface area contributed by atoms with E-state index in [1.165, 1.54) is 0 Å². The van der Waals surface area contributed by atoms with Crippen LogP contribution in [0.3, 0.4) is 0 Å². The summed E-state index contributed by atoms with van der Waals surface area (Å²) >= 11 is 6.30. The molecule has 0 saturated carbocycles. The van der Waals surface area contributed by atoms with E-state index in [9.17, 15) is 4.79 Å². The molecule has 130 valence electrons. The molecule has 0 atom stereocenters. The summed E-state index contributed by atoms with van der Waals surface area (Å²) < 4.78 is 1.89. The van der Waals surface area contributed by atoms with E-state index in [1.54, 1.807) is 24.2 Å². The van der Waals surface area contributed by atoms with Crippen molar-refractivity contribution in [1.29, 1.82) is 0 Å². The number of pyridine rings is 1. The van der Waals surface area contributed by atoms with E-state index in [-0.39, 0.29) is 5.91 Å². The summed E-state index contributed by atoms with van der Waals surface area (Å²) in [6, 6.07) is 9.35. The Morgan fingerprint density at radius 3 is 2.72 bits per heavy atom. The number of hydrogen-bond acceptors (Lipinski definition) is 3. The highest BCUT2D eigenvalue weighted by Gasteiger charge is 2.17. The topological polar surface area (TPSA) is 51.0 Å².